The molecule has 1 aromatic heterocycles. The van der Waals surface area contributed by atoms with E-state index >= 15 is 0 Å². The summed E-state index contributed by atoms with van der Waals surface area (Å²) in [5.41, 5.74) is 0.953. The number of amides is 1. The van der Waals surface area contributed by atoms with Crippen LogP contribution in [0.15, 0.2) is 18.3 Å². The number of aliphatic hydroxyl groups is 1. The third kappa shape index (κ3) is 4.96. The number of piperidine rings is 1. The van der Waals surface area contributed by atoms with Crippen molar-refractivity contribution >= 4 is 11.7 Å². The number of aromatic nitrogens is 1. The monoisotopic (exact) mass is 307 g/mol. The Balaban J connectivity index is 1.95. The van der Waals surface area contributed by atoms with Gasteiger partial charge in [0.05, 0.1) is 12.2 Å². The van der Waals surface area contributed by atoms with Crippen LogP contribution >= 0.6 is 0 Å². The number of hydrogen-bond acceptors (Lipinski definition) is 5. The summed E-state index contributed by atoms with van der Waals surface area (Å²) in [7, 11) is 0. The first kappa shape index (κ1) is 16.7. The normalized spacial score (nSPS) is 18.5. The van der Waals surface area contributed by atoms with Crippen molar-refractivity contribution in [2.45, 2.75) is 45.4 Å². The average Bonchev–Trinajstić information content (AvgIpc) is 2.51. The number of nitrogens with one attached hydrogen (secondary N) is 1. The summed E-state index contributed by atoms with van der Waals surface area (Å²) in [5.74, 6) is 0.702. The van der Waals surface area contributed by atoms with E-state index in [9.17, 15) is 9.90 Å². The van der Waals surface area contributed by atoms with Crippen LogP contribution in [0.3, 0.4) is 0 Å². The molecule has 2 N–H and O–H groups in total. The van der Waals surface area contributed by atoms with Crippen molar-refractivity contribution in [3.63, 3.8) is 0 Å². The zero-order valence-electron chi connectivity index (χ0n) is 13.3. The van der Waals surface area contributed by atoms with Crippen LogP contribution in [0.4, 0.5) is 5.82 Å². The molecule has 122 valence electrons. The van der Waals surface area contributed by atoms with E-state index in [0.717, 1.165) is 30.8 Å². The Morgan fingerprint density at radius 3 is 3.14 bits per heavy atom. The van der Waals surface area contributed by atoms with Gasteiger partial charge in [-0.1, -0.05) is 6.07 Å². The molecular weight excluding hydrogens is 282 g/mol. The topological polar surface area (TPSA) is 74.7 Å². The maximum absolute atomic E-state index is 11.8. The van der Waals surface area contributed by atoms with E-state index in [1.165, 1.54) is 0 Å². The number of carbonyl (C=O) groups is 1. The molecule has 0 aromatic carbocycles. The Labute approximate surface area is 131 Å². The lowest BCUT2D eigenvalue weighted by Crippen LogP contribution is -2.39. The SMILES string of the molecule is CC(C)OCC(=O)NCc1cccnc1N1CCC[C@@H](O)C1. The van der Waals surface area contributed by atoms with Gasteiger partial charge in [0.2, 0.25) is 5.91 Å². The van der Waals surface area contributed by atoms with Gasteiger partial charge in [-0.05, 0) is 32.8 Å². The number of ether oxygens (including phenoxy) is 1. The van der Waals surface area contributed by atoms with Gasteiger partial charge in [0.15, 0.2) is 0 Å². The number of pyridine rings is 1. The molecule has 6 nitrogen and oxygen atoms in total. The smallest absolute Gasteiger partial charge is 0.246 e. The lowest BCUT2D eigenvalue weighted by atomic mass is 10.1. The van der Waals surface area contributed by atoms with E-state index in [2.05, 4.69) is 15.2 Å². The molecule has 6 heteroatoms. The van der Waals surface area contributed by atoms with Crippen LogP contribution in [0.2, 0.25) is 0 Å². The van der Waals surface area contributed by atoms with Crippen LogP contribution in [0.1, 0.15) is 32.3 Å². The van der Waals surface area contributed by atoms with Crippen molar-refractivity contribution < 1.29 is 14.6 Å². The highest BCUT2D eigenvalue weighted by molar-refractivity contribution is 5.77. The van der Waals surface area contributed by atoms with Gasteiger partial charge in [0.1, 0.15) is 12.4 Å². The Morgan fingerprint density at radius 2 is 2.41 bits per heavy atom. The summed E-state index contributed by atoms with van der Waals surface area (Å²) >= 11 is 0. The standard InChI is InChI=1S/C16H25N3O3/c1-12(2)22-11-15(21)18-9-13-5-3-7-17-16(13)19-8-4-6-14(20)10-19/h3,5,7,12,14,20H,4,6,8-11H2,1-2H3,(H,18,21)/t14-/m1/s1. The molecule has 22 heavy (non-hydrogen) atoms. The van der Waals surface area contributed by atoms with Gasteiger partial charge >= 0.3 is 0 Å². The van der Waals surface area contributed by atoms with Crippen molar-refractivity contribution in [2.24, 2.45) is 0 Å². The second-order valence-corrected chi connectivity index (χ2v) is 5.86. The molecule has 1 saturated heterocycles. The van der Waals surface area contributed by atoms with Crippen molar-refractivity contribution in [3.8, 4) is 0 Å². The molecule has 0 radical (unpaired) electrons. The van der Waals surface area contributed by atoms with Crippen LogP contribution in [0, 0.1) is 0 Å². The number of hydrogen-bond donors (Lipinski definition) is 2. The first-order valence-electron chi connectivity index (χ1n) is 7.81. The number of nitrogens with zero attached hydrogens (tertiary/aromatic N) is 2. The van der Waals surface area contributed by atoms with E-state index in [4.69, 9.17) is 4.74 Å². The summed E-state index contributed by atoms with van der Waals surface area (Å²) in [4.78, 5) is 18.3. The third-order valence-electron chi connectivity index (χ3n) is 3.59. The predicted molar refractivity (Wildman–Crippen MR) is 84.6 cm³/mol. The van der Waals surface area contributed by atoms with Gasteiger partial charge in [-0.25, -0.2) is 4.98 Å². The van der Waals surface area contributed by atoms with E-state index in [-0.39, 0.29) is 24.7 Å². The van der Waals surface area contributed by atoms with Crippen LogP contribution in [-0.2, 0) is 16.1 Å². The minimum atomic E-state index is -0.308. The maximum Gasteiger partial charge on any atom is 0.246 e. The molecule has 1 aliphatic rings. The highest BCUT2D eigenvalue weighted by Gasteiger charge is 2.20. The second kappa shape index (κ2) is 8.10. The lowest BCUT2D eigenvalue weighted by molar-refractivity contribution is -0.127. The molecule has 2 heterocycles. The molecular formula is C16H25N3O3. The highest BCUT2D eigenvalue weighted by atomic mass is 16.5. The molecule has 1 aliphatic heterocycles. The number of carbonyl (C=O) groups excluding carboxylic acids is 1. The van der Waals surface area contributed by atoms with Gasteiger partial charge in [0.25, 0.3) is 0 Å². The number of rotatable bonds is 6. The molecule has 0 saturated carbocycles. The van der Waals surface area contributed by atoms with E-state index in [0.29, 0.717) is 13.1 Å². The van der Waals surface area contributed by atoms with Gasteiger partial charge in [0, 0.05) is 31.4 Å². The minimum absolute atomic E-state index is 0.0366. The number of aliphatic hydroxyl groups excluding tert-OH is 1. The van der Waals surface area contributed by atoms with Crippen LogP contribution in [0.25, 0.3) is 0 Å². The third-order valence-corrected chi connectivity index (χ3v) is 3.59. The Bertz CT molecular complexity index is 493. The molecule has 1 atom stereocenters. The quantitative estimate of drug-likeness (QED) is 0.823. The van der Waals surface area contributed by atoms with E-state index in [1.807, 2.05) is 26.0 Å². The van der Waals surface area contributed by atoms with Crippen LogP contribution < -0.4 is 10.2 Å². The minimum Gasteiger partial charge on any atom is -0.391 e. The maximum atomic E-state index is 11.8. The molecule has 1 fully saturated rings. The average molecular weight is 307 g/mol. The first-order chi connectivity index (χ1) is 10.6. The molecule has 2 rings (SSSR count). The lowest BCUT2D eigenvalue weighted by Gasteiger charge is -2.32. The van der Waals surface area contributed by atoms with E-state index in [1.54, 1.807) is 6.20 Å². The molecule has 0 spiro atoms. The number of β-amino-alcohol motifs (C(OH)–C–C–N with tert-alkyl or cyclic N) is 1. The zero-order valence-corrected chi connectivity index (χ0v) is 13.3. The zero-order chi connectivity index (χ0) is 15.9. The fraction of sp³-hybridized carbons (Fsp3) is 0.625. The van der Waals surface area contributed by atoms with Gasteiger partial charge < -0.3 is 20.1 Å². The second-order valence-electron chi connectivity index (χ2n) is 5.86. The Kier molecular flexibility index (Phi) is 6.15. The predicted octanol–water partition coefficient (Wildman–Crippen LogP) is 1.08. The van der Waals surface area contributed by atoms with Crippen molar-refractivity contribution in [1.82, 2.24) is 10.3 Å². The van der Waals surface area contributed by atoms with Crippen molar-refractivity contribution in [1.29, 1.82) is 0 Å². The molecule has 1 aromatic rings. The highest BCUT2D eigenvalue weighted by Crippen LogP contribution is 2.21. The van der Waals surface area contributed by atoms with E-state index < -0.39 is 0 Å². The summed E-state index contributed by atoms with van der Waals surface area (Å²) < 4.78 is 5.28. The summed E-state index contributed by atoms with van der Waals surface area (Å²) in [6, 6.07) is 3.81. The number of anilines is 1. The fourth-order valence-electron chi connectivity index (χ4n) is 2.49. The van der Waals surface area contributed by atoms with Crippen molar-refractivity contribution in [3.05, 3.63) is 23.9 Å². The van der Waals surface area contributed by atoms with Crippen LogP contribution in [-0.4, -0.2) is 47.9 Å². The first-order valence-corrected chi connectivity index (χ1v) is 7.81. The molecule has 0 bridgehead atoms. The van der Waals surface area contributed by atoms with Crippen LogP contribution in [0.5, 0.6) is 0 Å². The summed E-state index contributed by atoms with van der Waals surface area (Å²) in [6.07, 6.45) is 3.25. The van der Waals surface area contributed by atoms with Gasteiger partial charge in [-0.15, -0.1) is 0 Å². The van der Waals surface area contributed by atoms with Crippen molar-refractivity contribution in [2.75, 3.05) is 24.6 Å². The molecule has 0 aliphatic carbocycles. The fourth-order valence-corrected chi connectivity index (χ4v) is 2.49. The van der Waals surface area contributed by atoms with Gasteiger partial charge in [-0.2, -0.15) is 0 Å². The molecule has 0 unspecified atom stereocenters. The summed E-state index contributed by atoms with van der Waals surface area (Å²) in [5, 5.41) is 12.7. The Morgan fingerprint density at radius 1 is 1.59 bits per heavy atom. The van der Waals surface area contributed by atoms with Gasteiger partial charge in [-0.3, -0.25) is 4.79 Å². The Hall–Kier alpha value is -1.66. The molecule has 1 amide bonds. The summed E-state index contributed by atoms with van der Waals surface area (Å²) in [6.45, 7) is 5.74. The largest absolute Gasteiger partial charge is 0.391 e.